The van der Waals surface area contributed by atoms with Crippen molar-refractivity contribution in [1.29, 1.82) is 0 Å². The highest BCUT2D eigenvalue weighted by molar-refractivity contribution is 5.96. The number of hydrogen-bond acceptors (Lipinski definition) is 6. The van der Waals surface area contributed by atoms with E-state index >= 15 is 0 Å². The largest absolute Gasteiger partial charge is 0.461 e. The van der Waals surface area contributed by atoms with Crippen molar-refractivity contribution in [3.05, 3.63) is 11.6 Å². The first-order valence-electron chi connectivity index (χ1n) is 15.2. The Morgan fingerprint density at radius 3 is 2.00 bits per heavy atom. The predicted molar refractivity (Wildman–Crippen MR) is 162 cm³/mol. The zero-order valence-corrected chi connectivity index (χ0v) is 27.0. The van der Waals surface area contributed by atoms with Gasteiger partial charge in [0.15, 0.2) is 0 Å². The van der Waals surface area contributed by atoms with Gasteiger partial charge in [0.25, 0.3) is 0 Å². The van der Waals surface area contributed by atoms with E-state index in [2.05, 4.69) is 37.9 Å². The van der Waals surface area contributed by atoms with Crippen molar-refractivity contribution in [2.75, 3.05) is 33.2 Å². The number of rotatable bonds is 10. The Morgan fingerprint density at radius 1 is 0.975 bits per heavy atom. The van der Waals surface area contributed by atoms with Gasteiger partial charge in [0.05, 0.1) is 18.7 Å². The summed E-state index contributed by atoms with van der Waals surface area (Å²) >= 11 is 0. The van der Waals surface area contributed by atoms with Gasteiger partial charge in [-0.2, -0.15) is 0 Å². The second-order valence-electron chi connectivity index (χ2n) is 11.6. The maximum atomic E-state index is 13.0. The van der Waals surface area contributed by atoms with Gasteiger partial charge in [0, 0.05) is 25.2 Å². The molecule has 0 radical (unpaired) electrons. The molecule has 0 unspecified atom stereocenters. The Hall–Kier alpha value is -2.42. The summed E-state index contributed by atoms with van der Waals surface area (Å²) in [6.45, 7) is 21.1. The van der Waals surface area contributed by atoms with Gasteiger partial charge in [-0.3, -0.25) is 14.4 Å². The topological polar surface area (TPSA) is 99.3 Å². The summed E-state index contributed by atoms with van der Waals surface area (Å²) in [7, 11) is 1.65. The molecule has 9 heteroatoms. The molecule has 2 aliphatic heterocycles. The second-order valence-corrected chi connectivity index (χ2v) is 11.6. The van der Waals surface area contributed by atoms with E-state index in [1.54, 1.807) is 38.8 Å². The van der Waals surface area contributed by atoms with Crippen LogP contribution in [-0.4, -0.2) is 96.3 Å². The molecule has 2 fully saturated rings. The number of hydrogen-bond donors (Lipinski definition) is 1. The van der Waals surface area contributed by atoms with Crippen molar-refractivity contribution in [2.45, 2.75) is 125 Å². The summed E-state index contributed by atoms with van der Waals surface area (Å²) in [5, 5.41) is 2.36. The molecule has 0 aromatic rings. The normalized spacial score (nSPS) is 18.4. The molecule has 2 saturated heterocycles. The first kappa shape index (κ1) is 37.6. The molecule has 0 aromatic heterocycles. The highest BCUT2D eigenvalue weighted by Gasteiger charge is 2.36. The van der Waals surface area contributed by atoms with Crippen molar-refractivity contribution in [3.8, 4) is 0 Å². The number of piperidine rings is 1. The van der Waals surface area contributed by atoms with Gasteiger partial charge >= 0.3 is 5.97 Å². The first-order chi connectivity index (χ1) is 18.8. The number of nitrogens with one attached hydrogen (secondary N) is 1. The van der Waals surface area contributed by atoms with Crippen LogP contribution in [0.2, 0.25) is 0 Å². The minimum atomic E-state index is -0.563. The van der Waals surface area contributed by atoms with Crippen LogP contribution >= 0.6 is 0 Å². The number of ether oxygens (including phenoxy) is 1. The van der Waals surface area contributed by atoms with Crippen molar-refractivity contribution < 1.29 is 23.9 Å². The lowest BCUT2D eigenvalue weighted by molar-refractivity contribution is -0.155. The van der Waals surface area contributed by atoms with Gasteiger partial charge in [-0.1, -0.05) is 46.6 Å². The van der Waals surface area contributed by atoms with Gasteiger partial charge in [0.1, 0.15) is 6.04 Å². The van der Waals surface area contributed by atoms with E-state index in [0.717, 1.165) is 12.5 Å². The van der Waals surface area contributed by atoms with Crippen LogP contribution in [0.5, 0.6) is 0 Å². The average Bonchev–Trinajstić information content (AvgIpc) is 3.40. The molecule has 2 atom stereocenters. The molecule has 0 saturated carbocycles. The summed E-state index contributed by atoms with van der Waals surface area (Å²) in [6.07, 6.45) is 8.87. The third-order valence-corrected chi connectivity index (χ3v) is 6.88. The molecule has 3 amide bonds. The molecular weight excluding hydrogens is 508 g/mol. The monoisotopic (exact) mass is 566 g/mol. The van der Waals surface area contributed by atoms with Crippen LogP contribution in [0.15, 0.2) is 11.6 Å². The van der Waals surface area contributed by atoms with E-state index in [1.165, 1.54) is 43.7 Å². The van der Waals surface area contributed by atoms with Gasteiger partial charge < -0.3 is 24.8 Å². The van der Waals surface area contributed by atoms with Crippen LogP contribution in [-0.2, 0) is 23.9 Å². The van der Waals surface area contributed by atoms with Crippen LogP contribution in [0, 0.1) is 5.92 Å². The third kappa shape index (κ3) is 13.8. The Balaban J connectivity index is 0.00000104. The van der Waals surface area contributed by atoms with Crippen molar-refractivity contribution >= 4 is 24.2 Å². The van der Waals surface area contributed by atoms with Crippen LogP contribution in [0.1, 0.15) is 101 Å². The Bertz CT molecular complexity index is 791. The zero-order valence-electron chi connectivity index (χ0n) is 27.0. The predicted octanol–water partition coefficient (Wildman–Crippen LogP) is 4.40. The quantitative estimate of drug-likeness (QED) is 0.239. The summed E-state index contributed by atoms with van der Waals surface area (Å²) in [6, 6.07) is -0.106. The summed E-state index contributed by atoms with van der Waals surface area (Å²) in [4.78, 5) is 53.5. The molecule has 0 bridgehead atoms. The van der Waals surface area contributed by atoms with Crippen LogP contribution in [0.4, 0.5) is 0 Å². The first-order valence-corrected chi connectivity index (χ1v) is 15.2. The van der Waals surface area contributed by atoms with E-state index in [1.807, 2.05) is 13.8 Å². The maximum Gasteiger partial charge on any atom is 0.329 e. The SMILES string of the molecule is C/C(=C\[C@H](C(C)C)N(C)C(=O)CNC=O)C(=O)N1CCC[C@H]1C(=O)OC(C)C.CC(C)N1CCCCC1.CCC. The highest BCUT2D eigenvalue weighted by atomic mass is 16.5. The van der Waals surface area contributed by atoms with E-state index < -0.39 is 6.04 Å². The van der Waals surface area contributed by atoms with E-state index in [9.17, 15) is 19.2 Å². The van der Waals surface area contributed by atoms with E-state index in [4.69, 9.17) is 4.74 Å². The Morgan fingerprint density at radius 2 is 1.55 bits per heavy atom. The van der Waals surface area contributed by atoms with Crippen LogP contribution < -0.4 is 5.32 Å². The molecule has 0 aliphatic carbocycles. The number of amides is 3. The molecule has 2 heterocycles. The highest BCUT2D eigenvalue weighted by Crippen LogP contribution is 2.22. The standard InChI is InChI=1S/C20H33N3O5.C8H17N.C3H8/c1-13(2)17(22(6)18(25)11-21-12-24)10-15(5)19(26)23-9-7-8-16(23)20(27)28-14(3)4;1-8(2)9-6-4-3-5-7-9;1-3-2/h10,12-14,16-17H,7-9,11H2,1-6H3,(H,21,24);8H,3-7H2,1-2H3;3H2,1-2H3/b15-10+;;/t16-,17+;;/m0../s1. The maximum absolute atomic E-state index is 13.0. The number of carbonyl (C=O) groups is 4. The molecule has 2 aliphatic rings. The lowest BCUT2D eigenvalue weighted by Crippen LogP contribution is -2.45. The lowest BCUT2D eigenvalue weighted by Gasteiger charge is -2.30. The van der Waals surface area contributed by atoms with Crippen molar-refractivity contribution in [3.63, 3.8) is 0 Å². The molecule has 1 N–H and O–H groups in total. The molecular formula is C31H58N4O5. The number of likely N-dealkylation sites (tertiary alicyclic amines) is 2. The molecule has 2 rings (SSSR count). The summed E-state index contributed by atoms with van der Waals surface area (Å²) in [5.74, 6) is -0.780. The molecule has 0 spiro atoms. The smallest absolute Gasteiger partial charge is 0.329 e. The van der Waals surface area contributed by atoms with Gasteiger partial charge in [-0.15, -0.1) is 0 Å². The zero-order chi connectivity index (χ0) is 30.8. The lowest BCUT2D eigenvalue weighted by atomic mass is 9.99. The van der Waals surface area contributed by atoms with E-state index in [-0.39, 0.29) is 42.4 Å². The van der Waals surface area contributed by atoms with Crippen molar-refractivity contribution in [2.24, 2.45) is 5.92 Å². The minimum absolute atomic E-state index is 0.0632. The van der Waals surface area contributed by atoms with Crippen molar-refractivity contribution in [1.82, 2.24) is 20.0 Å². The van der Waals surface area contributed by atoms with Crippen LogP contribution in [0.25, 0.3) is 0 Å². The van der Waals surface area contributed by atoms with Gasteiger partial charge in [-0.25, -0.2) is 4.79 Å². The third-order valence-electron chi connectivity index (χ3n) is 6.88. The van der Waals surface area contributed by atoms with E-state index in [0.29, 0.717) is 24.9 Å². The van der Waals surface area contributed by atoms with Crippen LogP contribution in [0.3, 0.4) is 0 Å². The number of nitrogens with zero attached hydrogens (tertiary/aromatic N) is 3. The molecule has 232 valence electrons. The van der Waals surface area contributed by atoms with Gasteiger partial charge in [-0.05, 0) is 79.3 Å². The molecule has 9 nitrogen and oxygen atoms in total. The number of esters is 1. The fraction of sp³-hybridized carbons (Fsp3) is 0.806. The summed E-state index contributed by atoms with van der Waals surface area (Å²) in [5.41, 5.74) is 0.478. The number of carbonyl (C=O) groups excluding carboxylic acids is 4. The second kappa shape index (κ2) is 20.5. The summed E-state index contributed by atoms with van der Waals surface area (Å²) < 4.78 is 5.28. The minimum Gasteiger partial charge on any atom is -0.461 e. The Kier molecular flexibility index (Phi) is 19.2. The molecule has 0 aromatic carbocycles. The van der Waals surface area contributed by atoms with Gasteiger partial charge in [0.2, 0.25) is 18.2 Å². The fourth-order valence-electron chi connectivity index (χ4n) is 4.73. The number of likely N-dealkylation sites (N-methyl/N-ethyl adjacent to an activating group) is 1. The Labute approximate surface area is 244 Å². The molecule has 40 heavy (non-hydrogen) atoms. The average molecular weight is 567 g/mol. The fourth-order valence-corrected chi connectivity index (χ4v) is 4.73.